The molecule has 1 aromatic heterocycles. The summed E-state index contributed by atoms with van der Waals surface area (Å²) in [5.41, 5.74) is 7.67. The van der Waals surface area contributed by atoms with Gasteiger partial charge in [-0.25, -0.2) is 4.98 Å². The maximum absolute atomic E-state index is 11.8. The molecule has 0 aliphatic carbocycles. The molecular formula is C13H13N3O. The average Bonchev–Trinajstić information content (AvgIpc) is 2.29. The van der Waals surface area contributed by atoms with Crippen molar-refractivity contribution in [2.75, 3.05) is 11.1 Å². The van der Waals surface area contributed by atoms with Crippen molar-refractivity contribution < 1.29 is 4.79 Å². The van der Waals surface area contributed by atoms with Crippen molar-refractivity contribution in [3.05, 3.63) is 53.7 Å². The number of nitrogens with two attached hydrogens (primary N) is 1. The molecule has 17 heavy (non-hydrogen) atoms. The van der Waals surface area contributed by atoms with E-state index in [0.717, 1.165) is 11.3 Å². The maximum atomic E-state index is 11.8. The van der Waals surface area contributed by atoms with E-state index < -0.39 is 0 Å². The average molecular weight is 227 g/mol. The molecule has 0 spiro atoms. The van der Waals surface area contributed by atoms with E-state index in [1.807, 2.05) is 31.2 Å². The monoisotopic (exact) mass is 227 g/mol. The first-order valence-electron chi connectivity index (χ1n) is 5.26. The van der Waals surface area contributed by atoms with Crippen LogP contribution in [0.25, 0.3) is 0 Å². The fourth-order valence-corrected chi connectivity index (χ4v) is 1.50. The Bertz CT molecular complexity index is 552. The number of carbonyl (C=O) groups excluding carboxylic acids is 1. The number of nitrogens with zero attached hydrogens (tertiary/aromatic N) is 1. The van der Waals surface area contributed by atoms with Crippen LogP contribution >= 0.6 is 0 Å². The third kappa shape index (κ3) is 2.81. The Balaban J connectivity index is 2.17. The first-order valence-corrected chi connectivity index (χ1v) is 5.26. The van der Waals surface area contributed by atoms with Crippen molar-refractivity contribution in [1.29, 1.82) is 0 Å². The van der Waals surface area contributed by atoms with Gasteiger partial charge in [-0.15, -0.1) is 0 Å². The summed E-state index contributed by atoms with van der Waals surface area (Å²) in [6, 6.07) is 12.5. The van der Waals surface area contributed by atoms with Gasteiger partial charge in [-0.2, -0.15) is 0 Å². The number of rotatable bonds is 2. The lowest BCUT2D eigenvalue weighted by atomic mass is 10.2. The molecule has 2 aromatic rings. The van der Waals surface area contributed by atoms with Crippen LogP contribution in [0.3, 0.4) is 0 Å². The van der Waals surface area contributed by atoms with Crippen molar-refractivity contribution in [2.24, 2.45) is 0 Å². The zero-order valence-corrected chi connectivity index (χ0v) is 9.47. The van der Waals surface area contributed by atoms with Crippen LogP contribution in [0.5, 0.6) is 0 Å². The highest BCUT2D eigenvalue weighted by Crippen LogP contribution is 2.11. The van der Waals surface area contributed by atoms with Gasteiger partial charge in [-0.1, -0.05) is 18.2 Å². The second kappa shape index (κ2) is 4.65. The smallest absolute Gasteiger partial charge is 0.274 e. The molecule has 1 amide bonds. The van der Waals surface area contributed by atoms with Gasteiger partial charge in [0, 0.05) is 5.69 Å². The number of hydrogen-bond donors (Lipinski definition) is 2. The molecule has 0 atom stereocenters. The number of nitrogen functional groups attached to an aromatic ring is 1. The second-order valence-corrected chi connectivity index (χ2v) is 3.77. The molecule has 0 radical (unpaired) electrons. The number of nitrogens with one attached hydrogen (secondary N) is 1. The molecular weight excluding hydrogens is 214 g/mol. The van der Waals surface area contributed by atoms with Crippen LogP contribution in [0.2, 0.25) is 0 Å². The molecule has 0 aliphatic rings. The second-order valence-electron chi connectivity index (χ2n) is 3.77. The first-order chi connectivity index (χ1) is 8.15. The number of anilines is 2. The number of benzene rings is 1. The number of amides is 1. The molecule has 0 fully saturated rings. The number of pyridine rings is 1. The minimum atomic E-state index is -0.261. The highest BCUT2D eigenvalue weighted by molar-refractivity contribution is 6.03. The van der Waals surface area contributed by atoms with E-state index in [0.29, 0.717) is 11.5 Å². The number of carbonyl (C=O) groups is 1. The molecule has 0 saturated carbocycles. The van der Waals surface area contributed by atoms with Crippen LogP contribution in [-0.4, -0.2) is 10.9 Å². The predicted molar refractivity (Wildman–Crippen MR) is 67.8 cm³/mol. The lowest BCUT2D eigenvalue weighted by Gasteiger charge is -2.05. The van der Waals surface area contributed by atoms with Crippen molar-refractivity contribution in [3.63, 3.8) is 0 Å². The van der Waals surface area contributed by atoms with E-state index in [-0.39, 0.29) is 5.91 Å². The van der Waals surface area contributed by atoms with Crippen LogP contribution in [-0.2, 0) is 0 Å². The number of hydrogen-bond acceptors (Lipinski definition) is 3. The Hall–Kier alpha value is -2.36. The Labute approximate surface area is 99.5 Å². The molecule has 3 N–H and O–H groups in total. The van der Waals surface area contributed by atoms with Crippen molar-refractivity contribution in [3.8, 4) is 0 Å². The normalized spacial score (nSPS) is 9.94. The highest BCUT2D eigenvalue weighted by Gasteiger charge is 2.07. The SMILES string of the molecule is Cc1cccc(NC(=O)c2cccc(N)n2)c1. The first kappa shape index (κ1) is 11.1. The van der Waals surface area contributed by atoms with E-state index in [1.54, 1.807) is 18.2 Å². The van der Waals surface area contributed by atoms with Crippen LogP contribution in [0.15, 0.2) is 42.5 Å². The molecule has 1 heterocycles. The lowest BCUT2D eigenvalue weighted by molar-refractivity contribution is 0.102. The van der Waals surface area contributed by atoms with Gasteiger partial charge in [0.05, 0.1) is 0 Å². The third-order valence-corrected chi connectivity index (χ3v) is 2.28. The van der Waals surface area contributed by atoms with Crippen molar-refractivity contribution in [1.82, 2.24) is 4.98 Å². The van der Waals surface area contributed by atoms with E-state index in [4.69, 9.17) is 5.73 Å². The summed E-state index contributed by atoms with van der Waals surface area (Å²) >= 11 is 0. The number of aryl methyl sites for hydroxylation is 1. The van der Waals surface area contributed by atoms with Gasteiger partial charge in [0.2, 0.25) is 0 Å². The van der Waals surface area contributed by atoms with E-state index in [9.17, 15) is 4.79 Å². The van der Waals surface area contributed by atoms with E-state index in [1.165, 1.54) is 0 Å². The molecule has 0 saturated heterocycles. The Morgan fingerprint density at radius 2 is 2.00 bits per heavy atom. The third-order valence-electron chi connectivity index (χ3n) is 2.28. The zero-order valence-electron chi connectivity index (χ0n) is 9.47. The predicted octanol–water partition coefficient (Wildman–Crippen LogP) is 2.22. The summed E-state index contributed by atoms with van der Waals surface area (Å²) in [6.45, 7) is 1.97. The number of aromatic nitrogens is 1. The molecule has 0 unspecified atom stereocenters. The Kier molecular flexibility index (Phi) is 3.05. The molecule has 0 aliphatic heterocycles. The van der Waals surface area contributed by atoms with E-state index in [2.05, 4.69) is 10.3 Å². The summed E-state index contributed by atoms with van der Waals surface area (Å²) in [5, 5.41) is 2.77. The fourth-order valence-electron chi connectivity index (χ4n) is 1.50. The summed E-state index contributed by atoms with van der Waals surface area (Å²) in [5.74, 6) is 0.0739. The van der Waals surface area contributed by atoms with Gasteiger partial charge in [0.15, 0.2) is 0 Å². The van der Waals surface area contributed by atoms with Gasteiger partial charge >= 0.3 is 0 Å². The van der Waals surface area contributed by atoms with Crippen LogP contribution in [0.1, 0.15) is 16.1 Å². The minimum Gasteiger partial charge on any atom is -0.384 e. The van der Waals surface area contributed by atoms with Gasteiger partial charge < -0.3 is 11.1 Å². The van der Waals surface area contributed by atoms with Crippen molar-refractivity contribution in [2.45, 2.75) is 6.92 Å². The van der Waals surface area contributed by atoms with Gasteiger partial charge in [-0.05, 0) is 36.8 Å². The Morgan fingerprint density at radius 1 is 1.24 bits per heavy atom. The Morgan fingerprint density at radius 3 is 2.71 bits per heavy atom. The molecule has 2 rings (SSSR count). The summed E-state index contributed by atoms with van der Waals surface area (Å²) < 4.78 is 0. The van der Waals surface area contributed by atoms with Crippen LogP contribution in [0, 0.1) is 6.92 Å². The van der Waals surface area contributed by atoms with Gasteiger partial charge in [0.1, 0.15) is 11.5 Å². The maximum Gasteiger partial charge on any atom is 0.274 e. The quantitative estimate of drug-likeness (QED) is 0.826. The summed E-state index contributed by atoms with van der Waals surface area (Å²) in [6.07, 6.45) is 0. The van der Waals surface area contributed by atoms with Gasteiger partial charge in [0.25, 0.3) is 5.91 Å². The summed E-state index contributed by atoms with van der Waals surface area (Å²) in [4.78, 5) is 15.8. The minimum absolute atomic E-state index is 0.261. The highest BCUT2D eigenvalue weighted by atomic mass is 16.1. The fraction of sp³-hybridized carbons (Fsp3) is 0.0769. The van der Waals surface area contributed by atoms with Crippen molar-refractivity contribution >= 4 is 17.4 Å². The molecule has 4 heteroatoms. The lowest BCUT2D eigenvalue weighted by Crippen LogP contribution is -2.14. The molecule has 4 nitrogen and oxygen atoms in total. The summed E-state index contributed by atoms with van der Waals surface area (Å²) in [7, 11) is 0. The standard InChI is InChI=1S/C13H13N3O/c1-9-4-2-5-10(8-9)15-13(17)11-6-3-7-12(14)16-11/h2-8H,1H3,(H2,14,16)(H,15,17). The largest absolute Gasteiger partial charge is 0.384 e. The van der Waals surface area contributed by atoms with Crippen LogP contribution in [0.4, 0.5) is 11.5 Å². The van der Waals surface area contributed by atoms with Crippen LogP contribution < -0.4 is 11.1 Å². The molecule has 0 bridgehead atoms. The molecule has 1 aromatic carbocycles. The van der Waals surface area contributed by atoms with E-state index >= 15 is 0 Å². The topological polar surface area (TPSA) is 68.0 Å². The van der Waals surface area contributed by atoms with Gasteiger partial charge in [-0.3, -0.25) is 4.79 Å². The zero-order chi connectivity index (χ0) is 12.3. The molecule has 86 valence electrons.